The summed E-state index contributed by atoms with van der Waals surface area (Å²) < 4.78 is 10.8. The Hall–Kier alpha value is -2.40. The molecule has 0 radical (unpaired) electrons. The van der Waals surface area contributed by atoms with Gasteiger partial charge in [-0.3, -0.25) is 4.79 Å². The van der Waals surface area contributed by atoms with Gasteiger partial charge in [-0.2, -0.15) is 0 Å². The fourth-order valence-corrected chi connectivity index (χ4v) is 1.32. The van der Waals surface area contributed by atoms with Crippen LogP contribution in [0.5, 0.6) is 0 Å². The molecule has 5 nitrogen and oxygen atoms in total. The van der Waals surface area contributed by atoms with Crippen molar-refractivity contribution in [2.75, 3.05) is 13.2 Å². The average Bonchev–Trinajstić information content (AvgIpc) is 2.46. The zero-order chi connectivity index (χ0) is 14.6. The fourth-order valence-electron chi connectivity index (χ4n) is 1.32. The third-order valence-electron chi connectivity index (χ3n) is 2.21. The van der Waals surface area contributed by atoms with Crippen LogP contribution in [-0.2, 0) is 20.9 Å². The maximum absolute atomic E-state index is 10.1. The van der Waals surface area contributed by atoms with Crippen molar-refractivity contribution in [3.63, 3.8) is 0 Å². The number of carbonyl (C=O) groups is 1. The molecule has 1 rings (SSSR count). The first kappa shape index (κ1) is 15.7. The molecule has 1 aromatic rings. The van der Waals surface area contributed by atoms with Gasteiger partial charge < -0.3 is 15.2 Å². The van der Waals surface area contributed by atoms with Gasteiger partial charge in [-0.1, -0.05) is 36.9 Å². The minimum atomic E-state index is 0.186. The number of nitrogens with zero attached hydrogens (tertiary/aromatic N) is 1. The number of hydrogen-bond donors (Lipinski definition) is 1. The van der Waals surface area contributed by atoms with Crippen molar-refractivity contribution in [1.29, 1.82) is 0 Å². The summed E-state index contributed by atoms with van der Waals surface area (Å²) in [5.74, 6) is 0.186. The lowest BCUT2D eigenvalue weighted by atomic mass is 10.2. The predicted octanol–water partition coefficient (Wildman–Crippen LogP) is 1.80. The molecule has 0 aliphatic heterocycles. The Morgan fingerprint density at radius 3 is 2.70 bits per heavy atom. The van der Waals surface area contributed by atoms with Crippen molar-refractivity contribution in [1.82, 2.24) is 0 Å². The molecule has 0 unspecified atom stereocenters. The van der Waals surface area contributed by atoms with E-state index >= 15 is 0 Å². The van der Waals surface area contributed by atoms with Crippen LogP contribution in [0.25, 0.3) is 0 Å². The van der Waals surface area contributed by atoms with E-state index in [9.17, 15) is 4.79 Å². The molecule has 0 heterocycles. The Morgan fingerprint density at radius 1 is 1.30 bits per heavy atom. The van der Waals surface area contributed by atoms with Gasteiger partial charge in [0.2, 0.25) is 5.90 Å². The second kappa shape index (κ2) is 9.52. The van der Waals surface area contributed by atoms with Crippen LogP contribution in [0.3, 0.4) is 0 Å². The van der Waals surface area contributed by atoms with Gasteiger partial charge in [0, 0.05) is 6.20 Å². The first-order valence-corrected chi connectivity index (χ1v) is 6.11. The first-order valence-electron chi connectivity index (χ1n) is 6.11. The van der Waals surface area contributed by atoms with Crippen LogP contribution in [0.15, 0.2) is 59.9 Å². The normalized spacial score (nSPS) is 11.5. The molecular formula is C15H18N2O3. The van der Waals surface area contributed by atoms with Gasteiger partial charge in [0.05, 0.1) is 18.9 Å². The van der Waals surface area contributed by atoms with Crippen LogP contribution in [0.1, 0.15) is 5.56 Å². The van der Waals surface area contributed by atoms with E-state index in [2.05, 4.69) is 11.6 Å². The molecule has 0 aromatic heterocycles. The zero-order valence-corrected chi connectivity index (χ0v) is 11.2. The van der Waals surface area contributed by atoms with Crippen LogP contribution in [0.2, 0.25) is 0 Å². The minimum Gasteiger partial charge on any atom is -0.474 e. The van der Waals surface area contributed by atoms with E-state index in [4.69, 9.17) is 15.2 Å². The lowest BCUT2D eigenvalue weighted by Crippen LogP contribution is -2.16. The number of aldehydes is 1. The Balaban J connectivity index is 2.27. The summed E-state index contributed by atoms with van der Waals surface area (Å²) >= 11 is 0. The number of allylic oxidation sites excluding steroid dienone is 1. The van der Waals surface area contributed by atoms with E-state index in [0.717, 1.165) is 5.56 Å². The molecule has 0 saturated carbocycles. The highest BCUT2D eigenvalue weighted by Gasteiger charge is 2.01. The van der Waals surface area contributed by atoms with Crippen molar-refractivity contribution in [3.8, 4) is 0 Å². The summed E-state index contributed by atoms with van der Waals surface area (Å²) in [4.78, 5) is 14.0. The van der Waals surface area contributed by atoms with Crippen LogP contribution in [-0.4, -0.2) is 25.4 Å². The largest absolute Gasteiger partial charge is 0.474 e. The third kappa shape index (κ3) is 6.51. The summed E-state index contributed by atoms with van der Waals surface area (Å²) in [5.41, 5.74) is 6.81. The van der Waals surface area contributed by atoms with Gasteiger partial charge in [-0.25, -0.2) is 4.99 Å². The van der Waals surface area contributed by atoms with Gasteiger partial charge in [-0.15, -0.1) is 0 Å². The van der Waals surface area contributed by atoms with Crippen molar-refractivity contribution in [2.24, 2.45) is 10.7 Å². The van der Waals surface area contributed by atoms with E-state index in [1.165, 1.54) is 12.3 Å². The highest BCUT2D eigenvalue weighted by Crippen LogP contribution is 2.00. The molecule has 20 heavy (non-hydrogen) atoms. The fraction of sp³-hybridized carbons (Fsp3) is 0.200. The maximum atomic E-state index is 10.1. The summed E-state index contributed by atoms with van der Waals surface area (Å²) in [7, 11) is 0. The van der Waals surface area contributed by atoms with Crippen molar-refractivity contribution >= 4 is 12.2 Å². The van der Waals surface area contributed by atoms with Gasteiger partial charge >= 0.3 is 0 Å². The summed E-state index contributed by atoms with van der Waals surface area (Å²) in [5, 5.41) is 0. The van der Waals surface area contributed by atoms with E-state index < -0.39 is 0 Å². The monoisotopic (exact) mass is 274 g/mol. The van der Waals surface area contributed by atoms with E-state index in [1.54, 1.807) is 0 Å². The second-order valence-corrected chi connectivity index (χ2v) is 3.82. The SMILES string of the molecule is C=C(N)C(=N/C=C/C=O)OCCOCc1ccccc1. The molecular weight excluding hydrogens is 256 g/mol. The van der Waals surface area contributed by atoms with E-state index in [1.807, 2.05) is 30.3 Å². The quantitative estimate of drug-likeness (QED) is 0.258. The molecule has 2 N–H and O–H groups in total. The summed E-state index contributed by atoms with van der Waals surface area (Å²) in [6, 6.07) is 9.84. The number of carbonyl (C=O) groups excluding carboxylic acids is 1. The zero-order valence-electron chi connectivity index (χ0n) is 11.2. The Labute approximate surface area is 118 Å². The molecule has 0 amide bonds. The maximum Gasteiger partial charge on any atom is 0.236 e. The van der Waals surface area contributed by atoms with Crippen molar-refractivity contribution < 1.29 is 14.3 Å². The number of benzene rings is 1. The molecule has 5 heteroatoms. The van der Waals surface area contributed by atoms with Gasteiger partial charge in [-0.05, 0) is 11.6 Å². The molecule has 1 aromatic carbocycles. The van der Waals surface area contributed by atoms with Crippen LogP contribution in [0, 0.1) is 0 Å². The number of hydrogen-bond acceptors (Lipinski definition) is 5. The van der Waals surface area contributed by atoms with E-state index in [0.29, 0.717) is 26.1 Å². The highest BCUT2D eigenvalue weighted by molar-refractivity contribution is 5.92. The number of rotatable bonds is 8. The molecule has 106 valence electrons. The summed E-state index contributed by atoms with van der Waals surface area (Å²) in [6.45, 7) is 4.76. The number of ether oxygens (including phenoxy) is 2. The van der Waals surface area contributed by atoms with E-state index in [-0.39, 0.29) is 11.6 Å². The van der Waals surface area contributed by atoms with Gasteiger partial charge in [0.25, 0.3) is 0 Å². The molecule has 0 fully saturated rings. The average molecular weight is 274 g/mol. The molecule has 0 aliphatic carbocycles. The van der Waals surface area contributed by atoms with Crippen molar-refractivity contribution in [3.05, 3.63) is 60.4 Å². The molecule has 0 spiro atoms. The van der Waals surface area contributed by atoms with Crippen LogP contribution >= 0.6 is 0 Å². The second-order valence-electron chi connectivity index (χ2n) is 3.82. The first-order chi connectivity index (χ1) is 9.74. The van der Waals surface area contributed by atoms with Crippen LogP contribution in [0.4, 0.5) is 0 Å². The Kier molecular flexibility index (Phi) is 7.45. The topological polar surface area (TPSA) is 73.9 Å². The van der Waals surface area contributed by atoms with Gasteiger partial charge in [0.15, 0.2) is 0 Å². The lowest BCUT2D eigenvalue weighted by molar-refractivity contribution is -0.104. The Morgan fingerprint density at radius 2 is 2.05 bits per heavy atom. The minimum absolute atomic E-state index is 0.186. The predicted molar refractivity (Wildman–Crippen MR) is 78.0 cm³/mol. The van der Waals surface area contributed by atoms with Gasteiger partial charge in [0.1, 0.15) is 12.9 Å². The molecule has 0 saturated heterocycles. The smallest absolute Gasteiger partial charge is 0.236 e. The number of aliphatic imine (C=N–C) groups is 1. The molecule has 0 bridgehead atoms. The standard InChI is InChI=1S/C15H18N2O3/c1-13(16)15(17-8-5-9-18)20-11-10-19-12-14-6-3-2-4-7-14/h2-9H,1,10-12,16H2/b8-5+,17-15?. The van der Waals surface area contributed by atoms with Crippen molar-refractivity contribution in [2.45, 2.75) is 6.61 Å². The molecule has 0 atom stereocenters. The lowest BCUT2D eigenvalue weighted by Gasteiger charge is -2.08. The summed E-state index contributed by atoms with van der Waals surface area (Å²) in [6.07, 6.45) is 3.15. The Bertz CT molecular complexity index is 481. The highest BCUT2D eigenvalue weighted by atomic mass is 16.5. The number of nitrogens with two attached hydrogens (primary N) is 1. The van der Waals surface area contributed by atoms with Crippen LogP contribution < -0.4 is 5.73 Å². The third-order valence-corrected chi connectivity index (χ3v) is 2.21. The molecule has 0 aliphatic rings.